The summed E-state index contributed by atoms with van der Waals surface area (Å²) in [5, 5.41) is 3.31. The largest absolute Gasteiger partial charge is 0.416 e. The highest BCUT2D eigenvalue weighted by molar-refractivity contribution is 7.99. The summed E-state index contributed by atoms with van der Waals surface area (Å²) in [4.78, 5) is 0.730. The van der Waals surface area contributed by atoms with Crippen LogP contribution in [0.15, 0.2) is 23.1 Å². The summed E-state index contributed by atoms with van der Waals surface area (Å²) >= 11 is 1.56. The fourth-order valence-corrected chi connectivity index (χ4v) is 3.89. The normalized spacial score (nSPS) is 21.7. The van der Waals surface area contributed by atoms with Crippen LogP contribution in [0.1, 0.15) is 24.8 Å². The van der Waals surface area contributed by atoms with E-state index in [-0.39, 0.29) is 0 Å². The Bertz CT molecular complexity index is 466. The van der Waals surface area contributed by atoms with E-state index in [1.54, 1.807) is 17.8 Å². The van der Waals surface area contributed by atoms with Gasteiger partial charge in [-0.25, -0.2) is 0 Å². The van der Waals surface area contributed by atoms with Crippen LogP contribution in [0.5, 0.6) is 0 Å². The Kier molecular flexibility index (Phi) is 2.77. The van der Waals surface area contributed by atoms with Gasteiger partial charge in [-0.15, -0.1) is 11.8 Å². The van der Waals surface area contributed by atoms with Crippen LogP contribution >= 0.6 is 11.8 Å². The van der Waals surface area contributed by atoms with Crippen LogP contribution < -0.4 is 5.32 Å². The minimum atomic E-state index is -4.25. The predicted molar refractivity (Wildman–Crippen MR) is 66.9 cm³/mol. The number of halogens is 3. The van der Waals surface area contributed by atoms with Gasteiger partial charge in [-0.05, 0) is 36.5 Å². The molecule has 1 heterocycles. The summed E-state index contributed by atoms with van der Waals surface area (Å²) in [6.07, 6.45) is -0.636. The van der Waals surface area contributed by atoms with Crippen LogP contribution in [0.2, 0.25) is 0 Å². The van der Waals surface area contributed by atoms with E-state index in [1.165, 1.54) is 25.3 Å². The standard InChI is InChI=1S/C13H14F3NS/c14-13(15,16)9-2-3-10-11(6-9)18-8-12(7-17-10)4-1-5-12/h2-3,6,17H,1,4-5,7-8H2. The Morgan fingerprint density at radius 1 is 1.22 bits per heavy atom. The molecule has 0 atom stereocenters. The van der Waals surface area contributed by atoms with Crippen molar-refractivity contribution in [2.75, 3.05) is 17.6 Å². The molecule has 1 aliphatic heterocycles. The second kappa shape index (κ2) is 4.08. The number of fused-ring (bicyclic) bond motifs is 1. The molecule has 5 heteroatoms. The van der Waals surface area contributed by atoms with Crippen molar-refractivity contribution in [3.05, 3.63) is 23.8 Å². The highest BCUT2D eigenvalue weighted by Gasteiger charge is 2.39. The van der Waals surface area contributed by atoms with Gasteiger partial charge in [0.05, 0.1) is 5.56 Å². The van der Waals surface area contributed by atoms with Gasteiger partial charge in [0.15, 0.2) is 0 Å². The molecule has 0 amide bonds. The van der Waals surface area contributed by atoms with Gasteiger partial charge in [0.1, 0.15) is 0 Å². The third-order valence-corrected chi connectivity index (χ3v) is 5.32. The minimum Gasteiger partial charge on any atom is -0.384 e. The average Bonchev–Trinajstić information content (AvgIpc) is 2.45. The zero-order valence-electron chi connectivity index (χ0n) is 9.81. The Hall–Kier alpha value is -0.840. The summed E-state index contributed by atoms with van der Waals surface area (Å²) in [5.41, 5.74) is 0.596. The molecule has 0 bridgehead atoms. The van der Waals surface area contributed by atoms with Gasteiger partial charge in [0.2, 0.25) is 0 Å². The molecule has 0 radical (unpaired) electrons. The lowest BCUT2D eigenvalue weighted by molar-refractivity contribution is -0.137. The number of alkyl halides is 3. The van der Waals surface area contributed by atoms with Crippen molar-refractivity contribution in [1.82, 2.24) is 0 Å². The molecule has 3 rings (SSSR count). The zero-order chi connectivity index (χ0) is 12.8. The monoisotopic (exact) mass is 273 g/mol. The molecule has 0 unspecified atom stereocenters. The molecule has 18 heavy (non-hydrogen) atoms. The van der Waals surface area contributed by atoms with Crippen molar-refractivity contribution >= 4 is 17.4 Å². The van der Waals surface area contributed by atoms with Crippen LogP contribution in [0.4, 0.5) is 18.9 Å². The van der Waals surface area contributed by atoms with E-state index in [4.69, 9.17) is 0 Å². The molecule has 2 aliphatic rings. The van der Waals surface area contributed by atoms with Gasteiger partial charge >= 0.3 is 6.18 Å². The third kappa shape index (κ3) is 2.09. The zero-order valence-corrected chi connectivity index (χ0v) is 10.6. The maximum atomic E-state index is 12.7. The van der Waals surface area contributed by atoms with Crippen LogP contribution in [0.3, 0.4) is 0 Å². The van der Waals surface area contributed by atoms with Gasteiger partial charge in [-0.3, -0.25) is 0 Å². The van der Waals surface area contributed by atoms with Crippen molar-refractivity contribution < 1.29 is 13.2 Å². The first-order valence-corrected chi connectivity index (χ1v) is 7.05. The van der Waals surface area contributed by atoms with E-state index in [1.807, 2.05) is 0 Å². The number of hydrogen-bond donors (Lipinski definition) is 1. The van der Waals surface area contributed by atoms with Gasteiger partial charge in [0, 0.05) is 22.9 Å². The van der Waals surface area contributed by atoms with Gasteiger partial charge in [-0.1, -0.05) is 6.42 Å². The fraction of sp³-hybridized carbons (Fsp3) is 0.538. The summed E-state index contributed by atoms with van der Waals surface area (Å²) in [6, 6.07) is 3.98. The third-order valence-electron chi connectivity index (χ3n) is 3.91. The Labute approximate surface area is 108 Å². The van der Waals surface area contributed by atoms with E-state index >= 15 is 0 Å². The molecule has 1 aromatic carbocycles. The van der Waals surface area contributed by atoms with E-state index in [0.29, 0.717) is 5.41 Å². The molecular weight excluding hydrogens is 259 g/mol. The lowest BCUT2D eigenvalue weighted by atomic mass is 9.70. The number of anilines is 1. The Balaban J connectivity index is 1.87. The van der Waals surface area contributed by atoms with E-state index < -0.39 is 11.7 Å². The number of benzene rings is 1. The SMILES string of the molecule is FC(F)(F)c1ccc2c(c1)SCC1(CCC1)CN2. The number of rotatable bonds is 0. The fourth-order valence-electron chi connectivity index (χ4n) is 2.53. The topological polar surface area (TPSA) is 12.0 Å². The summed E-state index contributed by atoms with van der Waals surface area (Å²) in [5.74, 6) is 0.925. The smallest absolute Gasteiger partial charge is 0.384 e. The number of hydrogen-bond acceptors (Lipinski definition) is 2. The first-order valence-electron chi connectivity index (χ1n) is 6.07. The molecular formula is C13H14F3NS. The van der Waals surface area contributed by atoms with Crippen LogP contribution in [0.25, 0.3) is 0 Å². The molecule has 1 aromatic rings. The molecule has 0 aromatic heterocycles. The molecule has 1 spiro atoms. The average molecular weight is 273 g/mol. The summed E-state index contributed by atoms with van der Waals surface area (Å²) in [7, 11) is 0. The van der Waals surface area contributed by atoms with Crippen molar-refractivity contribution in [2.24, 2.45) is 5.41 Å². The Morgan fingerprint density at radius 2 is 2.00 bits per heavy atom. The first-order chi connectivity index (χ1) is 8.49. The van der Waals surface area contributed by atoms with Crippen molar-refractivity contribution in [3.8, 4) is 0 Å². The highest BCUT2D eigenvalue weighted by Crippen LogP contribution is 2.48. The molecule has 0 saturated heterocycles. The van der Waals surface area contributed by atoms with Crippen LogP contribution in [-0.2, 0) is 6.18 Å². The molecule has 1 fully saturated rings. The quantitative estimate of drug-likeness (QED) is 0.752. The van der Waals surface area contributed by atoms with Crippen molar-refractivity contribution in [3.63, 3.8) is 0 Å². The molecule has 1 N–H and O–H groups in total. The highest BCUT2D eigenvalue weighted by atomic mass is 32.2. The van der Waals surface area contributed by atoms with Crippen molar-refractivity contribution in [2.45, 2.75) is 30.3 Å². The molecule has 1 nitrogen and oxygen atoms in total. The van der Waals surface area contributed by atoms with Crippen molar-refractivity contribution in [1.29, 1.82) is 0 Å². The lowest BCUT2D eigenvalue weighted by Crippen LogP contribution is -2.37. The maximum Gasteiger partial charge on any atom is 0.416 e. The van der Waals surface area contributed by atoms with Gasteiger partial charge < -0.3 is 5.32 Å². The molecule has 1 aliphatic carbocycles. The maximum absolute atomic E-state index is 12.7. The second-order valence-corrected chi connectivity index (χ2v) is 6.22. The van der Waals surface area contributed by atoms with E-state index in [0.717, 1.165) is 28.9 Å². The first kappa shape index (κ1) is 12.2. The summed E-state index contributed by atoms with van der Waals surface area (Å²) < 4.78 is 38.0. The van der Waals surface area contributed by atoms with Gasteiger partial charge in [-0.2, -0.15) is 13.2 Å². The second-order valence-electron chi connectivity index (χ2n) is 5.20. The predicted octanol–water partition coefficient (Wildman–Crippen LogP) is 4.39. The molecule has 1 saturated carbocycles. The van der Waals surface area contributed by atoms with Gasteiger partial charge in [0.25, 0.3) is 0 Å². The van der Waals surface area contributed by atoms with Crippen LogP contribution in [-0.4, -0.2) is 12.3 Å². The summed E-state index contributed by atoms with van der Waals surface area (Å²) in [6.45, 7) is 0.887. The lowest BCUT2D eigenvalue weighted by Gasteiger charge is -2.40. The Morgan fingerprint density at radius 3 is 2.61 bits per heavy atom. The number of thioether (sulfide) groups is 1. The minimum absolute atomic E-state index is 0.308. The van der Waals surface area contributed by atoms with Crippen LogP contribution in [0, 0.1) is 5.41 Å². The van der Waals surface area contributed by atoms with E-state index in [9.17, 15) is 13.2 Å². The van der Waals surface area contributed by atoms with E-state index in [2.05, 4.69) is 5.32 Å². The molecule has 98 valence electrons. The number of nitrogens with one attached hydrogen (secondary N) is 1.